The number of hydrogen-bond donors (Lipinski definition) is 0. The van der Waals surface area contributed by atoms with Gasteiger partial charge in [-0.2, -0.15) is 0 Å². The van der Waals surface area contributed by atoms with Crippen LogP contribution in [0.4, 0.5) is 0 Å². The molecule has 0 radical (unpaired) electrons. The van der Waals surface area contributed by atoms with Gasteiger partial charge >= 0.3 is 0 Å². The molecule has 0 fully saturated rings. The van der Waals surface area contributed by atoms with Crippen molar-refractivity contribution in [2.45, 2.75) is 0 Å². The zero-order valence-corrected chi connectivity index (χ0v) is 37.7. The molecule has 3 aromatic heterocycles. The molecule has 3 heteroatoms. The molecule has 69 heavy (non-hydrogen) atoms. The number of hydrogen-bond acceptors (Lipinski definition) is 0. The van der Waals surface area contributed by atoms with Gasteiger partial charge < -0.3 is 13.7 Å². The van der Waals surface area contributed by atoms with Crippen LogP contribution in [0.15, 0.2) is 261 Å². The molecule has 0 aliphatic carbocycles. The fraction of sp³-hybridized carbons (Fsp3) is 0. The molecule has 0 amide bonds. The van der Waals surface area contributed by atoms with Crippen molar-refractivity contribution in [3.63, 3.8) is 0 Å². The molecule has 322 valence electrons. The Morgan fingerprint density at radius 1 is 0.159 bits per heavy atom. The summed E-state index contributed by atoms with van der Waals surface area (Å²) >= 11 is 0. The molecule has 14 aromatic rings. The highest BCUT2D eigenvalue weighted by Crippen LogP contribution is 2.40. The first-order chi connectivity index (χ1) is 34.2. The van der Waals surface area contributed by atoms with Crippen LogP contribution in [-0.2, 0) is 0 Å². The summed E-state index contributed by atoms with van der Waals surface area (Å²) in [5, 5.41) is 7.49. The third-order valence-electron chi connectivity index (χ3n) is 14.2. The average Bonchev–Trinajstić information content (AvgIpc) is 4.07. The Morgan fingerprint density at radius 2 is 0.464 bits per heavy atom. The van der Waals surface area contributed by atoms with Crippen LogP contribution in [0.5, 0.6) is 0 Å². The van der Waals surface area contributed by atoms with E-state index < -0.39 is 0 Å². The maximum Gasteiger partial charge on any atom is 0.0547 e. The number of benzene rings is 11. The monoisotopic (exact) mass is 877 g/mol. The minimum absolute atomic E-state index is 1.13. The molecule has 0 aliphatic heterocycles. The topological polar surface area (TPSA) is 14.8 Å². The van der Waals surface area contributed by atoms with Gasteiger partial charge in [0.1, 0.15) is 0 Å². The number of para-hydroxylation sites is 4. The van der Waals surface area contributed by atoms with Crippen molar-refractivity contribution in [1.29, 1.82) is 0 Å². The molecule has 11 aromatic carbocycles. The second-order valence-electron chi connectivity index (χ2n) is 18.1. The summed E-state index contributed by atoms with van der Waals surface area (Å²) in [5.41, 5.74) is 20.2. The Bertz CT molecular complexity index is 4150. The van der Waals surface area contributed by atoms with Gasteiger partial charge in [0, 0.05) is 49.4 Å². The largest absolute Gasteiger partial charge is 0.309 e. The normalized spacial score (nSPS) is 11.8. The molecule has 0 unspecified atom stereocenters. The summed E-state index contributed by atoms with van der Waals surface area (Å²) in [5.74, 6) is 0. The molecule has 0 aliphatic rings. The minimum Gasteiger partial charge on any atom is -0.309 e. The maximum absolute atomic E-state index is 2.43. The van der Waals surface area contributed by atoms with Gasteiger partial charge in [-0.05, 0) is 142 Å². The minimum atomic E-state index is 1.13. The third kappa shape index (κ3) is 6.36. The Morgan fingerprint density at radius 3 is 0.928 bits per heavy atom. The molecule has 0 N–H and O–H groups in total. The van der Waals surface area contributed by atoms with Gasteiger partial charge in [-0.25, -0.2) is 0 Å². The molecule has 0 spiro atoms. The smallest absolute Gasteiger partial charge is 0.0547 e. The van der Waals surface area contributed by atoms with Crippen LogP contribution in [0.3, 0.4) is 0 Å². The van der Waals surface area contributed by atoms with Crippen LogP contribution < -0.4 is 0 Å². The second kappa shape index (κ2) is 15.7. The summed E-state index contributed by atoms with van der Waals surface area (Å²) in [7, 11) is 0. The van der Waals surface area contributed by atoms with Crippen LogP contribution in [0, 0.1) is 0 Å². The number of rotatable bonds is 7. The quantitative estimate of drug-likeness (QED) is 0.152. The zero-order chi connectivity index (χ0) is 45.4. The van der Waals surface area contributed by atoms with E-state index in [9.17, 15) is 0 Å². The van der Waals surface area contributed by atoms with Crippen LogP contribution in [0.1, 0.15) is 0 Å². The highest BCUT2D eigenvalue weighted by Gasteiger charge is 2.18. The van der Waals surface area contributed by atoms with E-state index in [2.05, 4.69) is 275 Å². The molecule has 0 saturated carbocycles. The van der Waals surface area contributed by atoms with E-state index in [0.29, 0.717) is 0 Å². The Labute approximate surface area is 399 Å². The van der Waals surface area contributed by atoms with Crippen LogP contribution in [0.2, 0.25) is 0 Å². The van der Waals surface area contributed by atoms with Crippen molar-refractivity contribution in [1.82, 2.24) is 13.7 Å². The van der Waals surface area contributed by atoms with Crippen LogP contribution in [0.25, 0.3) is 127 Å². The zero-order valence-electron chi connectivity index (χ0n) is 37.7. The van der Waals surface area contributed by atoms with Crippen molar-refractivity contribution in [2.75, 3.05) is 0 Å². The van der Waals surface area contributed by atoms with Gasteiger partial charge in [-0.15, -0.1) is 0 Å². The molecule has 14 rings (SSSR count). The predicted molar refractivity (Wildman–Crippen MR) is 291 cm³/mol. The summed E-state index contributed by atoms with van der Waals surface area (Å²) in [6.07, 6.45) is 0. The van der Waals surface area contributed by atoms with Crippen molar-refractivity contribution >= 4 is 65.4 Å². The van der Waals surface area contributed by atoms with Gasteiger partial charge in [0.05, 0.1) is 33.1 Å². The van der Waals surface area contributed by atoms with E-state index >= 15 is 0 Å². The molecular formula is C66H43N3. The maximum atomic E-state index is 2.43. The van der Waals surface area contributed by atoms with Crippen molar-refractivity contribution < 1.29 is 0 Å². The van der Waals surface area contributed by atoms with Gasteiger partial charge in [-0.3, -0.25) is 0 Å². The number of nitrogens with zero attached hydrogens (tertiary/aromatic N) is 3. The van der Waals surface area contributed by atoms with Crippen LogP contribution >= 0.6 is 0 Å². The van der Waals surface area contributed by atoms with E-state index in [0.717, 1.165) is 17.1 Å². The fourth-order valence-electron chi connectivity index (χ4n) is 11.0. The van der Waals surface area contributed by atoms with Gasteiger partial charge in [0.2, 0.25) is 0 Å². The molecular weight excluding hydrogens is 835 g/mol. The number of fused-ring (bicyclic) bond motifs is 9. The standard InChI is InChI=1S/C66H43N3/c1-3-15-44(16-4-1)49-39-50(45-17-5-2-6-18-45)41-51(40-49)46-27-31-52(32-28-46)68-64-26-14-10-22-58(64)60-42-47(30-38-65(60)68)48-29-37-59-57-21-9-13-25-63(57)69(66(59)43-48)54-35-33-53(34-36-54)67-61-23-11-7-19-55(61)56-20-8-12-24-62(56)67/h1-43H. The van der Waals surface area contributed by atoms with Crippen molar-refractivity contribution in [2.24, 2.45) is 0 Å². The lowest BCUT2D eigenvalue weighted by molar-refractivity contribution is 1.14. The van der Waals surface area contributed by atoms with E-state index in [1.165, 1.54) is 110 Å². The van der Waals surface area contributed by atoms with E-state index in [-0.39, 0.29) is 0 Å². The summed E-state index contributed by atoms with van der Waals surface area (Å²) in [6, 6.07) is 95.4. The highest BCUT2D eigenvalue weighted by molar-refractivity contribution is 6.13. The lowest BCUT2D eigenvalue weighted by atomic mass is 9.93. The summed E-state index contributed by atoms with van der Waals surface area (Å²) in [6.45, 7) is 0. The second-order valence-corrected chi connectivity index (χ2v) is 18.1. The molecule has 3 heterocycles. The van der Waals surface area contributed by atoms with Crippen LogP contribution in [-0.4, -0.2) is 13.7 Å². The van der Waals surface area contributed by atoms with Crippen molar-refractivity contribution in [3.05, 3.63) is 261 Å². The Kier molecular flexibility index (Phi) is 8.90. The molecule has 0 atom stereocenters. The third-order valence-corrected chi connectivity index (χ3v) is 14.2. The van der Waals surface area contributed by atoms with E-state index in [4.69, 9.17) is 0 Å². The first-order valence-electron chi connectivity index (χ1n) is 23.7. The van der Waals surface area contributed by atoms with Gasteiger partial charge in [-0.1, -0.05) is 164 Å². The van der Waals surface area contributed by atoms with Crippen molar-refractivity contribution in [3.8, 4) is 61.6 Å². The van der Waals surface area contributed by atoms with E-state index in [1.54, 1.807) is 0 Å². The summed E-state index contributed by atoms with van der Waals surface area (Å²) in [4.78, 5) is 0. The molecule has 3 nitrogen and oxygen atoms in total. The summed E-state index contributed by atoms with van der Waals surface area (Å²) < 4.78 is 7.23. The predicted octanol–water partition coefficient (Wildman–Crippen LogP) is 17.6. The Balaban J connectivity index is 0.852. The lowest BCUT2D eigenvalue weighted by Gasteiger charge is -2.13. The number of aromatic nitrogens is 3. The van der Waals surface area contributed by atoms with E-state index in [1.807, 2.05) is 0 Å². The molecule has 0 saturated heterocycles. The SMILES string of the molecule is c1ccc(-c2cc(-c3ccccc3)cc(-c3ccc(-n4c5ccccc5c5cc(-c6ccc7c8ccccc8n(-c8ccc(-n9c%10ccccc%10c%10ccccc%109)cc8)c7c6)ccc54)cc3)c2)cc1. The fourth-order valence-corrected chi connectivity index (χ4v) is 11.0. The Hall–Kier alpha value is -9.18. The lowest BCUT2D eigenvalue weighted by Crippen LogP contribution is -1.97. The highest BCUT2D eigenvalue weighted by atomic mass is 15.0. The van der Waals surface area contributed by atoms with Gasteiger partial charge in [0.25, 0.3) is 0 Å². The first kappa shape index (κ1) is 39.0. The molecule has 0 bridgehead atoms. The average molecular weight is 878 g/mol. The van der Waals surface area contributed by atoms with Gasteiger partial charge in [0.15, 0.2) is 0 Å². The first-order valence-corrected chi connectivity index (χ1v) is 23.7.